The van der Waals surface area contributed by atoms with Crippen molar-refractivity contribution in [1.82, 2.24) is 14.8 Å². The number of thiophene rings is 1. The fourth-order valence-electron chi connectivity index (χ4n) is 3.84. The van der Waals surface area contributed by atoms with Crippen LogP contribution in [0.15, 0.2) is 71.3 Å². The molecular weight excluding hydrogens is 635 g/mol. The molecule has 0 aliphatic rings. The Balaban J connectivity index is 1.50. The highest BCUT2D eigenvalue weighted by atomic mass is 79.9. The SMILES string of the molecule is NC(=O)c1sc2nc(C(F)(F)F)cc(-c3ccccc3)c2c1NC(=O)c1ccn(COc2ccc(Br)cc2Cl)n1. The van der Waals surface area contributed by atoms with E-state index in [-0.39, 0.29) is 38.8 Å². The van der Waals surface area contributed by atoms with Crippen molar-refractivity contribution < 1.29 is 27.5 Å². The first kappa shape index (κ1) is 27.6. The average Bonchev–Trinajstić information content (AvgIpc) is 3.53. The van der Waals surface area contributed by atoms with Crippen LogP contribution in [0, 0.1) is 0 Å². The van der Waals surface area contributed by atoms with Crippen LogP contribution in [0.3, 0.4) is 0 Å². The molecule has 0 spiro atoms. The summed E-state index contributed by atoms with van der Waals surface area (Å²) in [5.41, 5.74) is 4.87. The number of hydrogen-bond donors (Lipinski definition) is 2. The largest absolute Gasteiger partial charge is 0.470 e. The third-order valence-electron chi connectivity index (χ3n) is 5.62. The standard InChI is InChI=1S/C26H16BrClF3N5O3S/c27-14-6-7-18(16(28)10-14)39-12-36-9-8-17(35-36)24(38)34-21-20-15(13-4-2-1-3-5-13)11-19(26(29,30)31)33-25(20)40-22(21)23(32)37/h1-11H,12H2,(H2,32,37)(H,34,38). The second-order valence-electron chi connectivity index (χ2n) is 8.31. The molecule has 2 amide bonds. The number of nitrogens with two attached hydrogens (primary N) is 1. The molecule has 40 heavy (non-hydrogen) atoms. The predicted octanol–water partition coefficient (Wildman–Crippen LogP) is 6.98. The molecule has 2 aromatic carbocycles. The molecule has 0 saturated carbocycles. The van der Waals surface area contributed by atoms with Crippen molar-refractivity contribution in [3.05, 3.63) is 92.6 Å². The van der Waals surface area contributed by atoms with Crippen LogP contribution in [0.5, 0.6) is 5.75 Å². The van der Waals surface area contributed by atoms with Crippen molar-refractivity contribution in [3.63, 3.8) is 0 Å². The number of hydrogen-bond acceptors (Lipinski definition) is 6. The van der Waals surface area contributed by atoms with E-state index >= 15 is 0 Å². The van der Waals surface area contributed by atoms with Crippen molar-refractivity contribution in [2.45, 2.75) is 12.9 Å². The van der Waals surface area contributed by atoms with Gasteiger partial charge in [0.2, 0.25) is 0 Å². The van der Waals surface area contributed by atoms with Gasteiger partial charge in [-0.25, -0.2) is 9.67 Å². The van der Waals surface area contributed by atoms with Crippen molar-refractivity contribution >= 4 is 66.6 Å². The molecule has 0 aliphatic carbocycles. The molecule has 0 fully saturated rings. The van der Waals surface area contributed by atoms with Crippen LogP contribution >= 0.6 is 38.9 Å². The van der Waals surface area contributed by atoms with E-state index in [0.717, 1.165) is 10.5 Å². The number of anilines is 1. The number of pyridine rings is 1. The smallest absolute Gasteiger partial charge is 0.433 e. The molecule has 3 aromatic heterocycles. The van der Waals surface area contributed by atoms with Gasteiger partial charge in [0.1, 0.15) is 21.2 Å². The maximum absolute atomic E-state index is 13.7. The Morgan fingerprint density at radius 1 is 1.12 bits per heavy atom. The van der Waals surface area contributed by atoms with Gasteiger partial charge in [-0.2, -0.15) is 18.3 Å². The minimum absolute atomic E-state index is 0.0404. The van der Waals surface area contributed by atoms with E-state index in [2.05, 4.69) is 31.3 Å². The summed E-state index contributed by atoms with van der Waals surface area (Å²) >= 11 is 10.1. The van der Waals surface area contributed by atoms with Gasteiger partial charge in [-0.1, -0.05) is 57.9 Å². The summed E-state index contributed by atoms with van der Waals surface area (Å²) in [4.78, 5) is 28.9. The van der Waals surface area contributed by atoms with E-state index in [1.807, 2.05) is 0 Å². The Hall–Kier alpha value is -3.94. The third kappa shape index (κ3) is 5.67. The Morgan fingerprint density at radius 2 is 1.88 bits per heavy atom. The number of fused-ring (bicyclic) bond motifs is 1. The van der Waals surface area contributed by atoms with Crippen LogP contribution in [0.2, 0.25) is 5.02 Å². The molecule has 0 radical (unpaired) electrons. The molecule has 0 unspecified atom stereocenters. The first-order valence-corrected chi connectivity index (χ1v) is 13.3. The number of halogens is 5. The van der Waals surface area contributed by atoms with Gasteiger partial charge in [0.15, 0.2) is 12.4 Å². The molecule has 3 N–H and O–H groups in total. The van der Waals surface area contributed by atoms with Gasteiger partial charge in [-0.15, -0.1) is 11.3 Å². The third-order valence-corrected chi connectivity index (χ3v) is 7.51. The Labute approximate surface area is 241 Å². The molecule has 0 atom stereocenters. The zero-order valence-corrected chi connectivity index (χ0v) is 23.2. The zero-order chi connectivity index (χ0) is 28.6. The molecule has 5 aromatic rings. The van der Waals surface area contributed by atoms with Gasteiger partial charge in [0, 0.05) is 16.1 Å². The number of amides is 2. The fraction of sp³-hybridized carbons (Fsp3) is 0.0769. The van der Waals surface area contributed by atoms with Crippen LogP contribution in [0.4, 0.5) is 18.9 Å². The highest BCUT2D eigenvalue weighted by molar-refractivity contribution is 9.10. The summed E-state index contributed by atoms with van der Waals surface area (Å²) in [7, 11) is 0. The number of primary amides is 1. The maximum atomic E-state index is 13.7. The van der Waals surface area contributed by atoms with E-state index in [1.165, 1.54) is 16.9 Å². The minimum Gasteiger partial charge on any atom is -0.470 e. The lowest BCUT2D eigenvalue weighted by molar-refractivity contribution is -0.140. The minimum atomic E-state index is -4.74. The van der Waals surface area contributed by atoms with Crippen molar-refractivity contribution in [3.8, 4) is 16.9 Å². The average molecular weight is 651 g/mol. The van der Waals surface area contributed by atoms with Crippen LogP contribution in [-0.4, -0.2) is 26.6 Å². The molecule has 0 aliphatic heterocycles. The first-order valence-electron chi connectivity index (χ1n) is 11.3. The number of ether oxygens (including phenoxy) is 1. The number of aromatic nitrogens is 3. The highest BCUT2D eigenvalue weighted by Gasteiger charge is 2.35. The number of nitrogens with one attached hydrogen (secondary N) is 1. The zero-order valence-electron chi connectivity index (χ0n) is 20.0. The second kappa shape index (κ2) is 10.9. The Morgan fingerprint density at radius 3 is 2.55 bits per heavy atom. The number of carbonyl (C=O) groups excluding carboxylic acids is 2. The molecule has 3 heterocycles. The van der Waals surface area contributed by atoms with Gasteiger partial charge in [-0.3, -0.25) is 9.59 Å². The van der Waals surface area contributed by atoms with Crippen LogP contribution in [0.25, 0.3) is 21.3 Å². The lowest BCUT2D eigenvalue weighted by Crippen LogP contribution is -2.18. The monoisotopic (exact) mass is 649 g/mol. The van der Waals surface area contributed by atoms with Crippen LogP contribution in [0.1, 0.15) is 25.9 Å². The quantitative estimate of drug-likeness (QED) is 0.197. The van der Waals surface area contributed by atoms with Gasteiger partial charge in [0.25, 0.3) is 11.8 Å². The van der Waals surface area contributed by atoms with E-state index in [1.54, 1.807) is 48.5 Å². The van der Waals surface area contributed by atoms with E-state index in [4.69, 9.17) is 22.1 Å². The fourth-order valence-corrected chi connectivity index (χ4v) is 5.58. The van der Waals surface area contributed by atoms with E-state index in [0.29, 0.717) is 27.7 Å². The van der Waals surface area contributed by atoms with E-state index < -0.39 is 23.7 Å². The topological polar surface area (TPSA) is 112 Å². The summed E-state index contributed by atoms with van der Waals surface area (Å²) < 4.78 is 48.8. The highest BCUT2D eigenvalue weighted by Crippen LogP contribution is 2.43. The molecule has 14 heteroatoms. The lowest BCUT2D eigenvalue weighted by Gasteiger charge is -2.12. The predicted molar refractivity (Wildman–Crippen MR) is 149 cm³/mol. The molecular formula is C26H16BrClF3N5O3S. The van der Waals surface area contributed by atoms with Crippen molar-refractivity contribution in [1.29, 1.82) is 0 Å². The number of benzene rings is 2. The van der Waals surface area contributed by atoms with Gasteiger partial charge in [-0.05, 0) is 41.5 Å². The molecule has 0 bridgehead atoms. The molecule has 8 nitrogen and oxygen atoms in total. The number of nitrogens with zero attached hydrogens (tertiary/aromatic N) is 3. The van der Waals surface area contributed by atoms with Crippen LogP contribution < -0.4 is 15.8 Å². The number of alkyl halides is 3. The van der Waals surface area contributed by atoms with E-state index in [9.17, 15) is 22.8 Å². The normalized spacial score (nSPS) is 11.5. The summed E-state index contributed by atoms with van der Waals surface area (Å²) in [6.45, 7) is -0.0646. The van der Waals surface area contributed by atoms with Gasteiger partial charge < -0.3 is 15.8 Å². The first-order chi connectivity index (χ1) is 19.0. The molecule has 5 rings (SSSR count). The Bertz CT molecular complexity index is 1760. The van der Waals surface area contributed by atoms with Crippen molar-refractivity contribution in [2.24, 2.45) is 5.73 Å². The molecule has 204 valence electrons. The summed E-state index contributed by atoms with van der Waals surface area (Å²) in [6.07, 6.45) is -3.25. The summed E-state index contributed by atoms with van der Waals surface area (Å²) in [6, 6.07) is 15.6. The maximum Gasteiger partial charge on any atom is 0.433 e. The summed E-state index contributed by atoms with van der Waals surface area (Å²) in [5.74, 6) is -1.25. The lowest BCUT2D eigenvalue weighted by atomic mass is 10.0. The summed E-state index contributed by atoms with van der Waals surface area (Å²) in [5, 5.41) is 7.32. The number of rotatable bonds is 7. The van der Waals surface area contributed by atoms with Gasteiger partial charge >= 0.3 is 6.18 Å². The van der Waals surface area contributed by atoms with Crippen LogP contribution in [-0.2, 0) is 12.9 Å². The Kier molecular flexibility index (Phi) is 7.53. The van der Waals surface area contributed by atoms with Gasteiger partial charge in [0.05, 0.1) is 10.7 Å². The van der Waals surface area contributed by atoms with Crippen molar-refractivity contribution in [2.75, 3.05) is 5.32 Å². The molecule has 0 saturated heterocycles. The second-order valence-corrected chi connectivity index (χ2v) is 10.6. The number of carbonyl (C=O) groups is 2.